The normalized spacial score (nSPS) is 16.1. The summed E-state index contributed by atoms with van der Waals surface area (Å²) in [5.74, 6) is 1.08. The SMILES string of the molecule is CNc1ncc([N+](=O)[O-])c(NCC2CCOCC2)n1. The lowest BCUT2D eigenvalue weighted by atomic mass is 10.0. The smallest absolute Gasteiger partial charge is 0.329 e. The molecular weight excluding hydrogens is 250 g/mol. The predicted molar refractivity (Wildman–Crippen MR) is 70.3 cm³/mol. The van der Waals surface area contributed by atoms with Gasteiger partial charge in [0.2, 0.25) is 11.8 Å². The summed E-state index contributed by atoms with van der Waals surface area (Å²) in [4.78, 5) is 18.4. The highest BCUT2D eigenvalue weighted by Crippen LogP contribution is 2.23. The second-order valence-electron chi connectivity index (χ2n) is 4.37. The Bertz CT molecular complexity index is 448. The summed E-state index contributed by atoms with van der Waals surface area (Å²) in [5, 5.41) is 16.7. The Kier molecular flexibility index (Phi) is 4.45. The summed E-state index contributed by atoms with van der Waals surface area (Å²) in [5.41, 5.74) is -0.106. The minimum absolute atomic E-state index is 0.106. The van der Waals surface area contributed by atoms with Gasteiger partial charge in [0.05, 0.1) is 4.92 Å². The topological polar surface area (TPSA) is 102 Å². The van der Waals surface area contributed by atoms with Gasteiger partial charge < -0.3 is 15.4 Å². The van der Waals surface area contributed by atoms with Crippen LogP contribution in [0.2, 0.25) is 0 Å². The van der Waals surface area contributed by atoms with Crippen molar-refractivity contribution in [1.82, 2.24) is 9.97 Å². The molecule has 0 bridgehead atoms. The van der Waals surface area contributed by atoms with Crippen molar-refractivity contribution in [2.24, 2.45) is 5.92 Å². The van der Waals surface area contributed by atoms with Crippen molar-refractivity contribution in [3.8, 4) is 0 Å². The van der Waals surface area contributed by atoms with E-state index >= 15 is 0 Å². The van der Waals surface area contributed by atoms with Gasteiger partial charge >= 0.3 is 5.69 Å². The van der Waals surface area contributed by atoms with Gasteiger partial charge in [-0.1, -0.05) is 0 Å². The van der Waals surface area contributed by atoms with Gasteiger partial charge in [-0.05, 0) is 18.8 Å². The number of rotatable bonds is 5. The molecule has 1 fully saturated rings. The standard InChI is InChI=1S/C11H17N5O3/c1-12-11-14-7-9(16(17)18)10(15-11)13-6-8-2-4-19-5-3-8/h7-8H,2-6H2,1H3,(H2,12,13,14,15). The molecule has 1 aliphatic rings. The van der Waals surface area contributed by atoms with Crippen molar-refractivity contribution in [1.29, 1.82) is 0 Å². The third-order valence-electron chi connectivity index (χ3n) is 3.09. The molecule has 0 atom stereocenters. The van der Waals surface area contributed by atoms with E-state index in [2.05, 4.69) is 20.6 Å². The number of hydrogen-bond acceptors (Lipinski definition) is 7. The van der Waals surface area contributed by atoms with E-state index in [1.807, 2.05) is 0 Å². The molecule has 1 aromatic heterocycles. The Morgan fingerprint density at radius 1 is 1.53 bits per heavy atom. The molecule has 0 aliphatic carbocycles. The summed E-state index contributed by atoms with van der Waals surface area (Å²) in [6.07, 6.45) is 3.14. The molecule has 2 heterocycles. The zero-order valence-corrected chi connectivity index (χ0v) is 10.8. The van der Waals surface area contributed by atoms with Crippen LogP contribution in [0, 0.1) is 16.0 Å². The first-order chi connectivity index (χ1) is 9.20. The molecule has 0 spiro atoms. The molecule has 1 aliphatic heterocycles. The molecule has 8 nitrogen and oxygen atoms in total. The van der Waals surface area contributed by atoms with Crippen LogP contribution in [-0.4, -0.2) is 41.7 Å². The molecule has 8 heteroatoms. The van der Waals surface area contributed by atoms with Crippen LogP contribution in [0.1, 0.15) is 12.8 Å². The van der Waals surface area contributed by atoms with E-state index in [9.17, 15) is 10.1 Å². The lowest BCUT2D eigenvalue weighted by Crippen LogP contribution is -2.23. The second kappa shape index (κ2) is 6.28. The lowest BCUT2D eigenvalue weighted by molar-refractivity contribution is -0.384. The Balaban J connectivity index is 2.06. The zero-order valence-electron chi connectivity index (χ0n) is 10.8. The van der Waals surface area contributed by atoms with Crippen molar-refractivity contribution in [3.05, 3.63) is 16.3 Å². The summed E-state index contributed by atoms with van der Waals surface area (Å²) < 4.78 is 5.28. The maximum Gasteiger partial charge on any atom is 0.329 e. The quantitative estimate of drug-likeness (QED) is 0.611. The molecule has 0 radical (unpaired) electrons. The van der Waals surface area contributed by atoms with E-state index in [1.165, 1.54) is 6.20 Å². The molecule has 1 aromatic rings. The van der Waals surface area contributed by atoms with E-state index in [1.54, 1.807) is 7.05 Å². The van der Waals surface area contributed by atoms with E-state index < -0.39 is 4.92 Å². The second-order valence-corrected chi connectivity index (χ2v) is 4.37. The van der Waals surface area contributed by atoms with Crippen LogP contribution in [0.3, 0.4) is 0 Å². The summed E-state index contributed by atoms with van der Waals surface area (Å²) >= 11 is 0. The Morgan fingerprint density at radius 2 is 2.26 bits per heavy atom. The summed E-state index contributed by atoms with van der Waals surface area (Å²) in [6, 6.07) is 0. The van der Waals surface area contributed by atoms with Crippen LogP contribution in [0.5, 0.6) is 0 Å². The van der Waals surface area contributed by atoms with Gasteiger partial charge in [-0.3, -0.25) is 10.1 Å². The van der Waals surface area contributed by atoms with Crippen LogP contribution in [0.25, 0.3) is 0 Å². The van der Waals surface area contributed by atoms with Crippen molar-refractivity contribution < 1.29 is 9.66 Å². The van der Waals surface area contributed by atoms with Gasteiger partial charge in [-0.2, -0.15) is 4.98 Å². The molecule has 2 rings (SSSR count). The van der Waals surface area contributed by atoms with Gasteiger partial charge in [-0.25, -0.2) is 4.98 Å². The van der Waals surface area contributed by atoms with E-state index in [0.717, 1.165) is 26.1 Å². The fourth-order valence-electron chi connectivity index (χ4n) is 1.95. The first-order valence-electron chi connectivity index (χ1n) is 6.21. The van der Waals surface area contributed by atoms with Crippen molar-refractivity contribution in [3.63, 3.8) is 0 Å². The van der Waals surface area contributed by atoms with E-state index in [-0.39, 0.29) is 11.5 Å². The zero-order chi connectivity index (χ0) is 13.7. The van der Waals surface area contributed by atoms with Gasteiger partial charge in [0, 0.05) is 26.8 Å². The highest BCUT2D eigenvalue weighted by atomic mass is 16.6. The molecule has 0 unspecified atom stereocenters. The van der Waals surface area contributed by atoms with Gasteiger partial charge in [0.25, 0.3) is 0 Å². The van der Waals surface area contributed by atoms with Crippen LogP contribution in [-0.2, 0) is 4.74 Å². The van der Waals surface area contributed by atoms with E-state index in [4.69, 9.17) is 4.74 Å². The first-order valence-corrected chi connectivity index (χ1v) is 6.21. The van der Waals surface area contributed by atoms with Crippen LogP contribution in [0.4, 0.5) is 17.5 Å². The molecule has 104 valence electrons. The fraction of sp³-hybridized carbons (Fsp3) is 0.636. The molecule has 1 saturated heterocycles. The minimum Gasteiger partial charge on any atom is -0.381 e. The van der Waals surface area contributed by atoms with Crippen LogP contribution in [0.15, 0.2) is 6.20 Å². The molecule has 0 amide bonds. The van der Waals surface area contributed by atoms with Gasteiger partial charge in [-0.15, -0.1) is 0 Å². The number of nitrogens with one attached hydrogen (secondary N) is 2. The van der Waals surface area contributed by atoms with Gasteiger partial charge in [0.1, 0.15) is 6.20 Å². The average Bonchev–Trinajstić information content (AvgIpc) is 2.45. The van der Waals surface area contributed by atoms with Crippen molar-refractivity contribution >= 4 is 17.5 Å². The fourth-order valence-corrected chi connectivity index (χ4v) is 1.95. The lowest BCUT2D eigenvalue weighted by Gasteiger charge is -2.22. The monoisotopic (exact) mass is 267 g/mol. The number of anilines is 2. The Morgan fingerprint density at radius 3 is 2.89 bits per heavy atom. The molecular formula is C11H17N5O3. The molecule has 0 aromatic carbocycles. The molecule has 2 N–H and O–H groups in total. The first kappa shape index (κ1) is 13.5. The van der Waals surface area contributed by atoms with Crippen molar-refractivity contribution in [2.75, 3.05) is 37.4 Å². The predicted octanol–water partition coefficient (Wildman–Crippen LogP) is 1.26. The third-order valence-corrected chi connectivity index (χ3v) is 3.09. The summed E-state index contributed by atoms with van der Waals surface area (Å²) in [6.45, 7) is 2.16. The number of aromatic nitrogens is 2. The summed E-state index contributed by atoms with van der Waals surface area (Å²) in [7, 11) is 1.67. The van der Waals surface area contributed by atoms with E-state index in [0.29, 0.717) is 18.4 Å². The maximum atomic E-state index is 10.9. The van der Waals surface area contributed by atoms with Gasteiger partial charge in [0.15, 0.2) is 0 Å². The van der Waals surface area contributed by atoms with Crippen molar-refractivity contribution in [2.45, 2.75) is 12.8 Å². The minimum atomic E-state index is -0.480. The highest BCUT2D eigenvalue weighted by Gasteiger charge is 2.19. The number of hydrogen-bond donors (Lipinski definition) is 2. The largest absolute Gasteiger partial charge is 0.381 e. The number of ether oxygens (including phenoxy) is 1. The number of nitro groups is 1. The molecule has 0 saturated carbocycles. The maximum absolute atomic E-state index is 10.9. The van der Waals surface area contributed by atoms with Crippen LogP contribution >= 0.6 is 0 Å². The molecule has 19 heavy (non-hydrogen) atoms. The van der Waals surface area contributed by atoms with Crippen LogP contribution < -0.4 is 10.6 Å². The Hall–Kier alpha value is -1.96. The number of nitrogens with zero attached hydrogens (tertiary/aromatic N) is 3. The highest BCUT2D eigenvalue weighted by molar-refractivity contribution is 5.56. The third kappa shape index (κ3) is 3.50. The Labute approximate surface area is 110 Å². The average molecular weight is 267 g/mol.